The number of para-hydroxylation sites is 1. The Morgan fingerprint density at radius 3 is 2.83 bits per heavy atom. The van der Waals surface area contributed by atoms with E-state index < -0.39 is 0 Å². The van der Waals surface area contributed by atoms with Gasteiger partial charge in [-0.05, 0) is 12.1 Å². The van der Waals surface area contributed by atoms with Crippen molar-refractivity contribution in [3.63, 3.8) is 0 Å². The molecule has 5 nitrogen and oxygen atoms in total. The Morgan fingerprint density at radius 2 is 2.00 bits per heavy atom. The van der Waals surface area contributed by atoms with Crippen molar-refractivity contribution in [2.45, 2.75) is 5.03 Å². The summed E-state index contributed by atoms with van der Waals surface area (Å²) in [4.78, 5) is 24.5. The van der Waals surface area contributed by atoms with Gasteiger partial charge in [0.05, 0.1) is 21.3 Å². The van der Waals surface area contributed by atoms with Crippen molar-refractivity contribution in [3.8, 4) is 0 Å². The normalized spacial score (nSPS) is 10.7. The number of carbonyl (C=O) groups is 1. The van der Waals surface area contributed by atoms with Crippen molar-refractivity contribution in [1.82, 2.24) is 15.0 Å². The first kappa shape index (κ1) is 16.0. The fourth-order valence-electron chi connectivity index (χ4n) is 1.90. The molecule has 0 aliphatic carbocycles. The second kappa shape index (κ2) is 7.12. The number of anilines is 1. The fraction of sp³-hybridized carbons (Fsp3) is 0.0667. The van der Waals surface area contributed by atoms with Crippen LogP contribution in [0, 0.1) is 0 Å². The van der Waals surface area contributed by atoms with E-state index in [0.717, 1.165) is 15.9 Å². The van der Waals surface area contributed by atoms with Crippen LogP contribution in [0.3, 0.4) is 0 Å². The number of hydrogen-bond acceptors (Lipinski definition) is 5. The maximum atomic E-state index is 12.1. The Balaban J connectivity index is 1.69. The molecule has 0 saturated heterocycles. The number of rotatable bonds is 4. The van der Waals surface area contributed by atoms with Gasteiger partial charge in [0.25, 0.3) is 0 Å². The lowest BCUT2D eigenvalue weighted by atomic mass is 10.2. The zero-order valence-corrected chi connectivity index (χ0v) is 14.0. The van der Waals surface area contributed by atoms with Crippen LogP contribution >= 0.6 is 35.0 Å². The third-order valence-electron chi connectivity index (χ3n) is 2.91. The van der Waals surface area contributed by atoms with Gasteiger partial charge in [0, 0.05) is 11.6 Å². The molecule has 1 amide bonds. The molecule has 0 spiro atoms. The lowest BCUT2D eigenvalue weighted by Gasteiger charge is -2.07. The Bertz CT molecular complexity index is 870. The summed E-state index contributed by atoms with van der Waals surface area (Å²) < 4.78 is 0. The molecule has 0 aliphatic rings. The maximum Gasteiger partial charge on any atom is 0.235 e. The number of aromatic nitrogens is 3. The lowest BCUT2D eigenvalue weighted by molar-refractivity contribution is -0.113. The minimum Gasteiger partial charge on any atom is -0.309 e. The molecule has 2 aromatic heterocycles. The number of benzene rings is 1. The molecule has 0 aliphatic heterocycles. The van der Waals surface area contributed by atoms with Crippen LogP contribution in [0.2, 0.25) is 10.0 Å². The summed E-state index contributed by atoms with van der Waals surface area (Å²) in [5.41, 5.74) is 0.841. The van der Waals surface area contributed by atoms with E-state index in [1.165, 1.54) is 30.4 Å². The van der Waals surface area contributed by atoms with Crippen molar-refractivity contribution in [1.29, 1.82) is 0 Å². The van der Waals surface area contributed by atoms with Crippen LogP contribution < -0.4 is 5.32 Å². The van der Waals surface area contributed by atoms with Crippen LogP contribution in [0.1, 0.15) is 0 Å². The van der Waals surface area contributed by atoms with Gasteiger partial charge < -0.3 is 5.32 Å². The third-order valence-corrected chi connectivity index (χ3v) is 4.41. The largest absolute Gasteiger partial charge is 0.309 e. The van der Waals surface area contributed by atoms with Crippen LogP contribution in [-0.2, 0) is 4.79 Å². The van der Waals surface area contributed by atoms with E-state index in [2.05, 4.69) is 20.3 Å². The van der Waals surface area contributed by atoms with Crippen LogP contribution in [0.5, 0.6) is 0 Å². The van der Waals surface area contributed by atoms with Crippen LogP contribution in [0.4, 0.5) is 5.82 Å². The van der Waals surface area contributed by atoms with Crippen molar-refractivity contribution >= 4 is 57.6 Å². The quantitative estimate of drug-likeness (QED) is 0.558. The highest BCUT2D eigenvalue weighted by atomic mass is 35.5. The molecule has 3 aromatic rings. The van der Waals surface area contributed by atoms with Gasteiger partial charge in [-0.2, -0.15) is 0 Å². The SMILES string of the molecule is O=C(CSc1ncnc2ccccc12)Nc1ncc(Cl)cc1Cl. The highest BCUT2D eigenvalue weighted by Gasteiger charge is 2.10. The highest BCUT2D eigenvalue weighted by molar-refractivity contribution is 8.00. The molecule has 0 saturated carbocycles. The van der Waals surface area contributed by atoms with Crippen LogP contribution in [0.25, 0.3) is 10.9 Å². The topological polar surface area (TPSA) is 67.8 Å². The molecule has 1 aromatic carbocycles. The Morgan fingerprint density at radius 1 is 1.17 bits per heavy atom. The zero-order chi connectivity index (χ0) is 16.2. The molecule has 1 N–H and O–H groups in total. The van der Waals surface area contributed by atoms with Gasteiger partial charge in [-0.15, -0.1) is 0 Å². The van der Waals surface area contributed by atoms with Gasteiger partial charge in [-0.1, -0.05) is 53.2 Å². The summed E-state index contributed by atoms with van der Waals surface area (Å²) in [6, 6.07) is 9.17. The average Bonchev–Trinajstić information content (AvgIpc) is 2.55. The van der Waals surface area contributed by atoms with E-state index in [9.17, 15) is 4.79 Å². The van der Waals surface area contributed by atoms with Crippen molar-refractivity contribution in [2.24, 2.45) is 0 Å². The molecule has 8 heteroatoms. The third kappa shape index (κ3) is 3.90. The summed E-state index contributed by atoms with van der Waals surface area (Å²) in [5.74, 6) is 0.241. The van der Waals surface area contributed by atoms with E-state index in [0.29, 0.717) is 10.0 Å². The van der Waals surface area contributed by atoms with E-state index >= 15 is 0 Å². The number of thioether (sulfide) groups is 1. The van der Waals surface area contributed by atoms with Gasteiger partial charge in [-0.3, -0.25) is 4.79 Å². The smallest absolute Gasteiger partial charge is 0.235 e. The van der Waals surface area contributed by atoms with E-state index in [1.807, 2.05) is 24.3 Å². The van der Waals surface area contributed by atoms with Crippen LogP contribution in [0.15, 0.2) is 47.9 Å². The van der Waals surface area contributed by atoms with E-state index in [4.69, 9.17) is 23.2 Å². The predicted molar refractivity (Wildman–Crippen MR) is 93.1 cm³/mol. The summed E-state index contributed by atoms with van der Waals surface area (Å²) in [7, 11) is 0. The van der Waals surface area contributed by atoms with Crippen molar-refractivity contribution in [2.75, 3.05) is 11.1 Å². The first-order valence-electron chi connectivity index (χ1n) is 6.57. The predicted octanol–water partition coefficient (Wildman–Crippen LogP) is 4.06. The molecule has 0 bridgehead atoms. The monoisotopic (exact) mass is 364 g/mol. The molecule has 0 atom stereocenters. The second-order valence-electron chi connectivity index (χ2n) is 4.52. The maximum absolute atomic E-state index is 12.1. The van der Waals surface area contributed by atoms with E-state index in [1.54, 1.807) is 0 Å². The van der Waals surface area contributed by atoms with Gasteiger partial charge in [0.1, 0.15) is 11.4 Å². The van der Waals surface area contributed by atoms with Gasteiger partial charge >= 0.3 is 0 Å². The van der Waals surface area contributed by atoms with Gasteiger partial charge in [0.2, 0.25) is 5.91 Å². The van der Waals surface area contributed by atoms with Crippen molar-refractivity contribution in [3.05, 3.63) is 52.9 Å². The Labute approximate surface area is 146 Å². The lowest BCUT2D eigenvalue weighted by Crippen LogP contribution is -2.15. The summed E-state index contributed by atoms with van der Waals surface area (Å²) in [6.45, 7) is 0. The van der Waals surface area contributed by atoms with Gasteiger partial charge in [-0.25, -0.2) is 15.0 Å². The van der Waals surface area contributed by atoms with Crippen LogP contribution in [-0.4, -0.2) is 26.6 Å². The summed E-state index contributed by atoms with van der Waals surface area (Å²) >= 11 is 13.1. The Kier molecular flexibility index (Phi) is 4.95. The molecular weight excluding hydrogens is 355 g/mol. The molecule has 116 valence electrons. The number of halogens is 2. The highest BCUT2D eigenvalue weighted by Crippen LogP contribution is 2.25. The molecule has 0 fully saturated rings. The number of amides is 1. The number of hydrogen-bond donors (Lipinski definition) is 1. The summed E-state index contributed by atoms with van der Waals surface area (Å²) in [6.07, 6.45) is 2.91. The number of nitrogens with one attached hydrogen (secondary N) is 1. The zero-order valence-electron chi connectivity index (χ0n) is 11.7. The Hall–Kier alpha value is -1.89. The number of nitrogens with zero attached hydrogens (tertiary/aromatic N) is 3. The van der Waals surface area contributed by atoms with Gasteiger partial charge in [0.15, 0.2) is 5.82 Å². The first-order valence-corrected chi connectivity index (χ1v) is 8.31. The molecule has 0 unspecified atom stereocenters. The number of carbonyl (C=O) groups excluding carboxylic acids is 1. The second-order valence-corrected chi connectivity index (χ2v) is 6.32. The molecular formula is C15H10Cl2N4OS. The molecule has 23 heavy (non-hydrogen) atoms. The minimum atomic E-state index is -0.227. The van der Waals surface area contributed by atoms with Crippen molar-refractivity contribution < 1.29 is 4.79 Å². The first-order chi connectivity index (χ1) is 11.1. The number of fused-ring (bicyclic) bond motifs is 1. The molecule has 0 radical (unpaired) electrons. The van der Waals surface area contributed by atoms with E-state index in [-0.39, 0.29) is 17.5 Å². The standard InChI is InChI=1S/C15H10Cl2N4OS/c16-9-5-11(17)14(18-6-9)21-13(22)7-23-15-10-3-1-2-4-12(10)19-8-20-15/h1-6,8H,7H2,(H,18,21,22). The minimum absolute atomic E-state index is 0.182. The fourth-order valence-corrected chi connectivity index (χ4v) is 3.12. The number of pyridine rings is 1. The molecule has 3 rings (SSSR count). The summed E-state index contributed by atoms with van der Waals surface area (Å²) in [5, 5.41) is 5.02. The average molecular weight is 365 g/mol. The molecule has 2 heterocycles.